The van der Waals surface area contributed by atoms with Crippen LogP contribution in [-0.2, 0) is 0 Å². The Hall–Kier alpha value is -0.730. The molecule has 0 aliphatic heterocycles. The van der Waals surface area contributed by atoms with Crippen LogP contribution in [0.15, 0.2) is 0 Å². The molecule has 2 fully saturated rings. The summed E-state index contributed by atoms with van der Waals surface area (Å²) in [5, 5.41) is 6.04. The number of nitrogens with one attached hydrogen (secondary N) is 2. The molecular formula is C17H32N2O. The van der Waals surface area contributed by atoms with Crippen LogP contribution >= 0.6 is 0 Å². The van der Waals surface area contributed by atoms with Gasteiger partial charge in [-0.05, 0) is 24.7 Å². The molecule has 0 heterocycles. The minimum absolute atomic E-state index is 0.0385. The number of urea groups is 1. The largest absolute Gasteiger partial charge is 0.338 e. The summed E-state index contributed by atoms with van der Waals surface area (Å²) in [6.07, 6.45) is 16.2. The van der Waals surface area contributed by atoms with Crippen molar-refractivity contribution in [1.29, 1.82) is 0 Å². The molecule has 3 heteroatoms. The van der Waals surface area contributed by atoms with Gasteiger partial charge < -0.3 is 10.6 Å². The first kappa shape index (κ1) is 15.7. The molecule has 0 radical (unpaired) electrons. The first-order chi connectivity index (χ1) is 9.84. The molecule has 0 spiro atoms. The molecule has 2 N–H and O–H groups in total. The fourth-order valence-corrected chi connectivity index (χ4v) is 3.79. The van der Waals surface area contributed by atoms with E-state index < -0.39 is 0 Å². The molecule has 0 bridgehead atoms. The number of carbonyl (C=O) groups excluding carboxylic acids is 1. The summed E-state index contributed by atoms with van der Waals surface area (Å²) in [6.45, 7) is 1.69. The van der Waals surface area contributed by atoms with E-state index in [-0.39, 0.29) is 6.03 Å². The molecule has 0 aromatic carbocycles. The molecule has 2 saturated carbocycles. The van der Waals surface area contributed by atoms with Crippen LogP contribution in [0, 0.1) is 11.8 Å². The third kappa shape index (κ3) is 6.15. The van der Waals surface area contributed by atoms with Crippen molar-refractivity contribution < 1.29 is 4.79 Å². The summed E-state index contributed by atoms with van der Waals surface area (Å²) >= 11 is 0. The number of hydrogen-bond acceptors (Lipinski definition) is 1. The summed E-state index contributed by atoms with van der Waals surface area (Å²) < 4.78 is 0. The molecule has 3 nitrogen and oxygen atoms in total. The average Bonchev–Trinajstić information content (AvgIpc) is 2.49. The lowest BCUT2D eigenvalue weighted by Crippen LogP contribution is -2.37. The number of hydrogen-bond donors (Lipinski definition) is 2. The fraction of sp³-hybridized carbons (Fsp3) is 0.941. The first-order valence-electron chi connectivity index (χ1n) is 8.86. The van der Waals surface area contributed by atoms with Gasteiger partial charge in [-0.15, -0.1) is 0 Å². The molecule has 0 aromatic rings. The van der Waals surface area contributed by atoms with E-state index in [1.54, 1.807) is 0 Å². The fourth-order valence-electron chi connectivity index (χ4n) is 3.79. The van der Waals surface area contributed by atoms with Crippen LogP contribution in [0.1, 0.15) is 77.0 Å². The lowest BCUT2D eigenvalue weighted by Gasteiger charge is -2.22. The van der Waals surface area contributed by atoms with E-state index in [1.165, 1.54) is 64.2 Å². The summed E-state index contributed by atoms with van der Waals surface area (Å²) in [7, 11) is 0. The zero-order valence-electron chi connectivity index (χ0n) is 13.0. The van der Waals surface area contributed by atoms with Crippen LogP contribution in [0.2, 0.25) is 0 Å². The molecule has 116 valence electrons. The van der Waals surface area contributed by atoms with Gasteiger partial charge in [0.1, 0.15) is 0 Å². The Bertz CT molecular complexity index is 242. The van der Waals surface area contributed by atoms with Crippen LogP contribution in [0.5, 0.6) is 0 Å². The molecule has 2 aliphatic carbocycles. The van der Waals surface area contributed by atoms with Gasteiger partial charge in [0.25, 0.3) is 0 Å². The smallest absolute Gasteiger partial charge is 0.314 e. The van der Waals surface area contributed by atoms with E-state index in [1.807, 2.05) is 0 Å². The van der Waals surface area contributed by atoms with Crippen molar-refractivity contribution in [2.24, 2.45) is 11.8 Å². The standard InChI is InChI=1S/C17H32N2O/c20-17(18-13-11-15-7-3-1-4-8-15)19-14-12-16-9-5-2-6-10-16/h15-16H,1-14H2,(H2,18,19,20). The van der Waals surface area contributed by atoms with E-state index >= 15 is 0 Å². The minimum atomic E-state index is 0.0385. The van der Waals surface area contributed by atoms with Crippen molar-refractivity contribution >= 4 is 6.03 Å². The number of rotatable bonds is 6. The monoisotopic (exact) mass is 280 g/mol. The second kappa shape index (κ2) is 9.25. The van der Waals surface area contributed by atoms with Gasteiger partial charge in [0.2, 0.25) is 0 Å². The number of amides is 2. The molecule has 2 aliphatic rings. The van der Waals surface area contributed by atoms with Crippen LogP contribution in [0.25, 0.3) is 0 Å². The normalized spacial score (nSPS) is 21.6. The second-order valence-corrected chi connectivity index (χ2v) is 6.77. The Morgan fingerprint density at radius 1 is 0.700 bits per heavy atom. The van der Waals surface area contributed by atoms with Crippen molar-refractivity contribution in [3.63, 3.8) is 0 Å². The van der Waals surface area contributed by atoms with Crippen molar-refractivity contribution in [3.05, 3.63) is 0 Å². The molecule has 2 rings (SSSR count). The maximum Gasteiger partial charge on any atom is 0.314 e. The SMILES string of the molecule is O=C(NCCC1CCCCC1)NCCC1CCCCC1. The van der Waals surface area contributed by atoms with Gasteiger partial charge in [-0.1, -0.05) is 64.2 Å². The summed E-state index contributed by atoms with van der Waals surface area (Å²) in [4.78, 5) is 11.7. The zero-order valence-corrected chi connectivity index (χ0v) is 13.0. The number of carbonyl (C=O) groups is 1. The predicted octanol–water partition coefficient (Wildman–Crippen LogP) is 4.23. The van der Waals surface area contributed by atoms with Gasteiger partial charge in [-0.3, -0.25) is 0 Å². The van der Waals surface area contributed by atoms with Gasteiger partial charge in [0.05, 0.1) is 0 Å². The van der Waals surface area contributed by atoms with Gasteiger partial charge in [0.15, 0.2) is 0 Å². The molecule has 0 aromatic heterocycles. The minimum Gasteiger partial charge on any atom is -0.338 e. The molecule has 0 saturated heterocycles. The first-order valence-corrected chi connectivity index (χ1v) is 8.86. The van der Waals surface area contributed by atoms with Crippen molar-refractivity contribution in [3.8, 4) is 0 Å². The van der Waals surface area contributed by atoms with Crippen LogP contribution in [0.3, 0.4) is 0 Å². The molecule has 2 amide bonds. The highest BCUT2D eigenvalue weighted by Crippen LogP contribution is 2.26. The van der Waals surface area contributed by atoms with E-state index in [2.05, 4.69) is 10.6 Å². The van der Waals surface area contributed by atoms with E-state index in [0.29, 0.717) is 0 Å². The maximum atomic E-state index is 11.7. The van der Waals surface area contributed by atoms with Crippen LogP contribution in [0.4, 0.5) is 4.79 Å². The third-order valence-electron chi connectivity index (χ3n) is 5.13. The van der Waals surface area contributed by atoms with Gasteiger partial charge in [-0.25, -0.2) is 4.79 Å². The summed E-state index contributed by atoms with van der Waals surface area (Å²) in [6, 6.07) is 0.0385. The lowest BCUT2D eigenvalue weighted by molar-refractivity contribution is 0.237. The van der Waals surface area contributed by atoms with Crippen molar-refractivity contribution in [1.82, 2.24) is 10.6 Å². The lowest BCUT2D eigenvalue weighted by atomic mass is 9.87. The van der Waals surface area contributed by atoms with Crippen molar-refractivity contribution in [2.45, 2.75) is 77.0 Å². The Labute approximate surface area is 124 Å². The molecule has 20 heavy (non-hydrogen) atoms. The topological polar surface area (TPSA) is 41.1 Å². The van der Waals surface area contributed by atoms with E-state index in [9.17, 15) is 4.79 Å². The zero-order chi connectivity index (χ0) is 14.0. The van der Waals surface area contributed by atoms with Gasteiger partial charge in [0, 0.05) is 13.1 Å². The highest BCUT2D eigenvalue weighted by Gasteiger charge is 2.14. The summed E-state index contributed by atoms with van der Waals surface area (Å²) in [5.41, 5.74) is 0. The molecule has 0 atom stereocenters. The summed E-state index contributed by atoms with van der Waals surface area (Å²) in [5.74, 6) is 1.71. The van der Waals surface area contributed by atoms with Gasteiger partial charge >= 0.3 is 6.03 Å². The Balaban J connectivity index is 1.45. The highest BCUT2D eigenvalue weighted by molar-refractivity contribution is 5.73. The Morgan fingerprint density at radius 3 is 1.50 bits per heavy atom. The van der Waals surface area contributed by atoms with E-state index in [0.717, 1.165) is 37.8 Å². The second-order valence-electron chi connectivity index (χ2n) is 6.77. The third-order valence-corrected chi connectivity index (χ3v) is 5.13. The van der Waals surface area contributed by atoms with Crippen LogP contribution < -0.4 is 10.6 Å². The quantitative estimate of drug-likeness (QED) is 0.751. The maximum absolute atomic E-state index is 11.7. The Kier molecular flexibility index (Phi) is 7.24. The van der Waals surface area contributed by atoms with E-state index in [4.69, 9.17) is 0 Å². The van der Waals surface area contributed by atoms with Crippen molar-refractivity contribution in [2.75, 3.05) is 13.1 Å². The highest BCUT2D eigenvalue weighted by atomic mass is 16.2. The predicted molar refractivity (Wildman–Crippen MR) is 83.8 cm³/mol. The molecular weight excluding hydrogens is 248 g/mol. The van der Waals surface area contributed by atoms with Crippen LogP contribution in [-0.4, -0.2) is 19.1 Å². The molecule has 0 unspecified atom stereocenters. The average molecular weight is 280 g/mol. The Morgan fingerprint density at radius 2 is 1.10 bits per heavy atom. The van der Waals surface area contributed by atoms with Gasteiger partial charge in [-0.2, -0.15) is 0 Å².